The molecule has 0 N–H and O–H groups in total. The molecule has 3 aromatic carbocycles. The summed E-state index contributed by atoms with van der Waals surface area (Å²) in [6.07, 6.45) is 4.88. The summed E-state index contributed by atoms with van der Waals surface area (Å²) in [6, 6.07) is 19.2. The molecular formula is C25H22ClFO3. The van der Waals surface area contributed by atoms with Crippen LogP contribution in [0, 0.1) is 5.82 Å². The van der Waals surface area contributed by atoms with Gasteiger partial charge in [-0.3, -0.25) is 0 Å². The maximum Gasteiger partial charge on any atom is 0.343 e. The van der Waals surface area contributed by atoms with E-state index >= 15 is 0 Å². The van der Waals surface area contributed by atoms with E-state index in [1.807, 2.05) is 31.2 Å². The van der Waals surface area contributed by atoms with E-state index in [0.717, 1.165) is 36.8 Å². The Balaban J connectivity index is 1.58. The molecule has 0 bridgehead atoms. The van der Waals surface area contributed by atoms with Crippen LogP contribution in [-0.2, 0) is 11.2 Å². The Morgan fingerprint density at radius 1 is 0.967 bits per heavy atom. The smallest absolute Gasteiger partial charge is 0.343 e. The molecule has 5 heteroatoms. The zero-order chi connectivity index (χ0) is 21.3. The highest BCUT2D eigenvalue weighted by atomic mass is 35.5. The van der Waals surface area contributed by atoms with E-state index in [2.05, 4.69) is 24.3 Å². The van der Waals surface area contributed by atoms with Crippen molar-refractivity contribution in [2.75, 3.05) is 13.2 Å². The summed E-state index contributed by atoms with van der Waals surface area (Å²) in [5.41, 5.74) is 3.65. The van der Waals surface area contributed by atoms with E-state index in [1.165, 1.54) is 17.7 Å². The molecule has 0 saturated heterocycles. The standard InChI is InChI=1S/C25H22ClFO3/c1-2-29-16-15-20-7-5-18(6-8-20)3-4-19-9-11-21(12-10-19)25(28)30-22-13-14-23(26)24(27)17-22/h3-14,17H,2,15-16H2,1H3/b4-3+. The Kier molecular flexibility index (Phi) is 7.77. The lowest BCUT2D eigenvalue weighted by atomic mass is 10.1. The van der Waals surface area contributed by atoms with Crippen LogP contribution in [0.5, 0.6) is 5.75 Å². The molecule has 0 fully saturated rings. The molecule has 0 unspecified atom stereocenters. The number of esters is 1. The predicted octanol–water partition coefficient (Wildman–Crippen LogP) is 6.45. The Labute approximate surface area is 180 Å². The van der Waals surface area contributed by atoms with Gasteiger partial charge in [0.2, 0.25) is 0 Å². The summed E-state index contributed by atoms with van der Waals surface area (Å²) < 4.78 is 24.0. The van der Waals surface area contributed by atoms with Crippen LogP contribution < -0.4 is 4.74 Å². The number of halogens is 2. The molecule has 0 amide bonds. The van der Waals surface area contributed by atoms with Gasteiger partial charge in [-0.15, -0.1) is 0 Å². The molecule has 0 aromatic heterocycles. The Hall–Kier alpha value is -2.95. The first-order valence-electron chi connectivity index (χ1n) is 9.67. The second-order valence-corrected chi connectivity index (χ2v) is 7.02. The molecule has 0 radical (unpaired) electrons. The van der Waals surface area contributed by atoms with Crippen molar-refractivity contribution in [3.05, 3.63) is 99.8 Å². The molecule has 0 heterocycles. The highest BCUT2D eigenvalue weighted by Gasteiger charge is 2.10. The zero-order valence-corrected chi connectivity index (χ0v) is 17.4. The summed E-state index contributed by atoms with van der Waals surface area (Å²) in [5, 5.41) is -0.0221. The zero-order valence-electron chi connectivity index (χ0n) is 16.6. The van der Waals surface area contributed by atoms with Crippen LogP contribution in [0.15, 0.2) is 66.7 Å². The fourth-order valence-electron chi connectivity index (χ4n) is 2.76. The summed E-state index contributed by atoms with van der Waals surface area (Å²) in [5.74, 6) is -1.09. The fourth-order valence-corrected chi connectivity index (χ4v) is 2.88. The molecule has 0 aliphatic heterocycles. The van der Waals surface area contributed by atoms with Gasteiger partial charge in [-0.2, -0.15) is 0 Å². The normalized spacial score (nSPS) is 11.0. The lowest BCUT2D eigenvalue weighted by Crippen LogP contribution is -2.08. The maximum atomic E-state index is 13.5. The molecule has 154 valence electrons. The van der Waals surface area contributed by atoms with Crippen molar-refractivity contribution in [3.8, 4) is 5.75 Å². The first kappa shape index (κ1) is 21.8. The monoisotopic (exact) mass is 424 g/mol. The third kappa shape index (κ3) is 6.28. The number of hydrogen-bond donors (Lipinski definition) is 0. The number of rotatable bonds is 8. The number of benzene rings is 3. The van der Waals surface area contributed by atoms with Crippen molar-refractivity contribution in [1.82, 2.24) is 0 Å². The Morgan fingerprint density at radius 2 is 1.60 bits per heavy atom. The molecule has 0 aliphatic carbocycles. The van der Waals surface area contributed by atoms with E-state index in [1.54, 1.807) is 12.1 Å². The minimum absolute atomic E-state index is 0.0221. The summed E-state index contributed by atoms with van der Waals surface area (Å²) in [6.45, 7) is 3.45. The highest BCUT2D eigenvalue weighted by Crippen LogP contribution is 2.21. The van der Waals surface area contributed by atoms with E-state index < -0.39 is 11.8 Å². The molecule has 0 saturated carbocycles. The summed E-state index contributed by atoms with van der Waals surface area (Å²) in [4.78, 5) is 12.2. The van der Waals surface area contributed by atoms with Crippen molar-refractivity contribution in [1.29, 1.82) is 0 Å². The molecule has 0 spiro atoms. The van der Waals surface area contributed by atoms with Crippen molar-refractivity contribution < 1.29 is 18.7 Å². The van der Waals surface area contributed by atoms with Crippen LogP contribution in [0.1, 0.15) is 34.0 Å². The lowest BCUT2D eigenvalue weighted by Gasteiger charge is -2.05. The number of ether oxygens (including phenoxy) is 2. The molecule has 0 aliphatic rings. The Bertz CT molecular complexity index is 1010. The molecule has 3 aromatic rings. The quantitative estimate of drug-likeness (QED) is 0.180. The largest absolute Gasteiger partial charge is 0.423 e. The Morgan fingerprint density at radius 3 is 2.20 bits per heavy atom. The van der Waals surface area contributed by atoms with Gasteiger partial charge in [-0.1, -0.05) is 60.2 Å². The van der Waals surface area contributed by atoms with Gasteiger partial charge >= 0.3 is 5.97 Å². The van der Waals surface area contributed by atoms with Crippen LogP contribution >= 0.6 is 11.6 Å². The molecule has 3 rings (SSSR count). The first-order chi connectivity index (χ1) is 14.5. The van der Waals surface area contributed by atoms with E-state index in [-0.39, 0.29) is 10.8 Å². The van der Waals surface area contributed by atoms with E-state index in [9.17, 15) is 9.18 Å². The minimum atomic E-state index is -0.634. The molecule has 30 heavy (non-hydrogen) atoms. The average Bonchev–Trinajstić information content (AvgIpc) is 2.76. The number of carbonyl (C=O) groups excluding carboxylic acids is 1. The average molecular weight is 425 g/mol. The van der Waals surface area contributed by atoms with E-state index in [0.29, 0.717) is 5.56 Å². The highest BCUT2D eigenvalue weighted by molar-refractivity contribution is 6.30. The van der Waals surface area contributed by atoms with Crippen molar-refractivity contribution >= 4 is 29.7 Å². The molecule has 3 nitrogen and oxygen atoms in total. The minimum Gasteiger partial charge on any atom is -0.423 e. The summed E-state index contributed by atoms with van der Waals surface area (Å²) >= 11 is 5.63. The van der Waals surface area contributed by atoms with Crippen molar-refractivity contribution in [3.63, 3.8) is 0 Å². The van der Waals surface area contributed by atoms with E-state index in [4.69, 9.17) is 21.1 Å². The van der Waals surface area contributed by atoms with Crippen LogP contribution in [0.25, 0.3) is 12.2 Å². The molecular weight excluding hydrogens is 403 g/mol. The summed E-state index contributed by atoms with van der Waals surface area (Å²) in [7, 11) is 0. The first-order valence-corrected chi connectivity index (χ1v) is 10.0. The fraction of sp³-hybridized carbons (Fsp3) is 0.160. The van der Waals surface area contributed by atoms with Gasteiger partial charge in [0, 0.05) is 12.7 Å². The SMILES string of the molecule is CCOCCc1ccc(/C=C/c2ccc(C(=O)Oc3ccc(Cl)c(F)c3)cc2)cc1. The van der Waals surface area contributed by atoms with Gasteiger partial charge in [0.25, 0.3) is 0 Å². The van der Waals surface area contributed by atoms with Crippen molar-refractivity contribution in [2.45, 2.75) is 13.3 Å². The third-order valence-electron chi connectivity index (χ3n) is 4.44. The van der Waals surface area contributed by atoms with Gasteiger partial charge < -0.3 is 9.47 Å². The molecule has 0 atom stereocenters. The van der Waals surface area contributed by atoms with Crippen LogP contribution in [0.2, 0.25) is 5.02 Å². The van der Waals surface area contributed by atoms with Crippen LogP contribution in [0.3, 0.4) is 0 Å². The maximum absolute atomic E-state index is 13.5. The lowest BCUT2D eigenvalue weighted by molar-refractivity contribution is 0.0734. The van der Waals surface area contributed by atoms with Crippen LogP contribution in [0.4, 0.5) is 4.39 Å². The van der Waals surface area contributed by atoms with Crippen molar-refractivity contribution in [2.24, 2.45) is 0 Å². The number of hydrogen-bond acceptors (Lipinski definition) is 3. The third-order valence-corrected chi connectivity index (χ3v) is 4.74. The van der Waals surface area contributed by atoms with Gasteiger partial charge in [-0.25, -0.2) is 9.18 Å². The second-order valence-electron chi connectivity index (χ2n) is 6.61. The van der Waals surface area contributed by atoms with Gasteiger partial charge in [0.05, 0.1) is 17.2 Å². The predicted molar refractivity (Wildman–Crippen MR) is 118 cm³/mol. The van der Waals surface area contributed by atoms with Crippen LogP contribution in [-0.4, -0.2) is 19.2 Å². The van der Waals surface area contributed by atoms with Gasteiger partial charge in [-0.05, 0) is 54.3 Å². The van der Waals surface area contributed by atoms with Gasteiger partial charge in [0.1, 0.15) is 11.6 Å². The topological polar surface area (TPSA) is 35.5 Å². The second kappa shape index (κ2) is 10.7. The number of carbonyl (C=O) groups is 1. The van der Waals surface area contributed by atoms with Gasteiger partial charge in [0.15, 0.2) is 0 Å².